The van der Waals surface area contributed by atoms with Crippen LogP contribution in [-0.4, -0.2) is 33.4 Å². The fourth-order valence-corrected chi connectivity index (χ4v) is 5.21. The number of sulfonamides is 1. The van der Waals surface area contributed by atoms with Gasteiger partial charge in [-0.15, -0.1) is 0 Å². The molecule has 0 unspecified atom stereocenters. The number of ether oxygens (including phenoxy) is 1. The molecule has 7 nitrogen and oxygen atoms in total. The summed E-state index contributed by atoms with van der Waals surface area (Å²) in [7, 11) is -3.81. The summed E-state index contributed by atoms with van der Waals surface area (Å²) < 4.78 is 28.6. The van der Waals surface area contributed by atoms with Crippen LogP contribution in [0.3, 0.4) is 0 Å². The van der Waals surface area contributed by atoms with E-state index >= 15 is 0 Å². The maximum absolute atomic E-state index is 13.1. The molecule has 31 heavy (non-hydrogen) atoms. The first kappa shape index (κ1) is 21.8. The molecular weight excluding hydrogens is 440 g/mol. The molecule has 1 fully saturated rings. The first-order valence-corrected chi connectivity index (χ1v) is 12.0. The Morgan fingerprint density at radius 3 is 2.42 bits per heavy atom. The summed E-state index contributed by atoms with van der Waals surface area (Å²) >= 11 is 5.99. The fraction of sp³-hybridized carbons (Fsp3) is 0.364. The summed E-state index contributed by atoms with van der Waals surface area (Å²) in [6.45, 7) is 0.0205. The van der Waals surface area contributed by atoms with Gasteiger partial charge in [0.25, 0.3) is 5.91 Å². The molecule has 1 amide bonds. The average Bonchev–Trinajstić information content (AvgIpc) is 3.39. The Kier molecular flexibility index (Phi) is 5.81. The van der Waals surface area contributed by atoms with Crippen LogP contribution >= 0.6 is 11.6 Å². The van der Waals surface area contributed by atoms with E-state index in [0.717, 1.165) is 24.0 Å². The van der Waals surface area contributed by atoms with Gasteiger partial charge in [-0.3, -0.25) is 9.59 Å². The van der Waals surface area contributed by atoms with Crippen molar-refractivity contribution in [1.82, 2.24) is 0 Å². The summed E-state index contributed by atoms with van der Waals surface area (Å²) in [5.41, 5.74) is 1.44. The first-order chi connectivity index (χ1) is 14.7. The summed E-state index contributed by atoms with van der Waals surface area (Å²) in [6.07, 6.45) is 3.68. The maximum Gasteiger partial charge on any atom is 0.317 e. The molecule has 9 heteroatoms. The number of primary sulfonamides is 1. The Morgan fingerprint density at radius 2 is 1.77 bits per heavy atom. The van der Waals surface area contributed by atoms with Gasteiger partial charge in [-0.2, -0.15) is 0 Å². The van der Waals surface area contributed by atoms with E-state index in [-0.39, 0.29) is 17.4 Å². The number of halogens is 1. The van der Waals surface area contributed by atoms with Crippen molar-refractivity contribution in [3.8, 4) is 0 Å². The van der Waals surface area contributed by atoms with Crippen molar-refractivity contribution < 1.29 is 22.7 Å². The highest BCUT2D eigenvalue weighted by atomic mass is 35.5. The van der Waals surface area contributed by atoms with Crippen LogP contribution < -0.4 is 10.0 Å². The van der Waals surface area contributed by atoms with E-state index in [1.165, 1.54) is 17.0 Å². The van der Waals surface area contributed by atoms with Crippen LogP contribution in [0.15, 0.2) is 47.4 Å². The molecule has 0 aromatic heterocycles. The third kappa shape index (κ3) is 4.20. The van der Waals surface area contributed by atoms with Gasteiger partial charge in [0, 0.05) is 17.3 Å². The minimum Gasteiger partial charge on any atom is -0.455 e. The summed E-state index contributed by atoms with van der Waals surface area (Å²) in [5.74, 6) is -0.746. The third-order valence-electron chi connectivity index (χ3n) is 6.15. The molecule has 0 saturated heterocycles. The van der Waals surface area contributed by atoms with Gasteiger partial charge in [0.05, 0.1) is 10.3 Å². The van der Waals surface area contributed by atoms with Crippen LogP contribution in [0.25, 0.3) is 0 Å². The molecule has 4 rings (SSSR count). The highest BCUT2D eigenvalue weighted by Gasteiger charge is 2.44. The van der Waals surface area contributed by atoms with Crippen molar-refractivity contribution in [1.29, 1.82) is 0 Å². The molecule has 0 spiro atoms. The lowest BCUT2D eigenvalue weighted by molar-refractivity contribution is -0.153. The molecule has 1 aliphatic carbocycles. The molecule has 0 atom stereocenters. The Hall–Kier alpha value is -2.42. The predicted molar refractivity (Wildman–Crippen MR) is 116 cm³/mol. The predicted octanol–water partition coefficient (Wildman–Crippen LogP) is 2.93. The molecule has 1 saturated carbocycles. The normalized spacial score (nSPS) is 17.4. The number of fused-ring (bicyclic) bond motifs is 1. The number of nitrogens with zero attached hydrogens (tertiary/aromatic N) is 1. The Bertz CT molecular complexity index is 1130. The van der Waals surface area contributed by atoms with Crippen molar-refractivity contribution >= 4 is 39.2 Å². The van der Waals surface area contributed by atoms with Crippen LogP contribution in [-0.2, 0) is 36.2 Å². The second-order valence-electron chi connectivity index (χ2n) is 8.00. The van der Waals surface area contributed by atoms with E-state index in [1.807, 2.05) is 12.1 Å². The lowest BCUT2D eigenvalue weighted by Crippen LogP contribution is -2.39. The van der Waals surface area contributed by atoms with E-state index in [0.29, 0.717) is 36.5 Å². The molecule has 164 valence electrons. The van der Waals surface area contributed by atoms with Crippen LogP contribution in [0.2, 0.25) is 5.02 Å². The Labute approximate surface area is 186 Å². The zero-order valence-electron chi connectivity index (χ0n) is 16.8. The number of carbonyl (C=O) groups excluding carboxylic acids is 2. The standard InChI is InChI=1S/C22H23ClN2O5S/c23-17-5-3-16(4-6-17)22(10-1-2-11-22)21(27)30-14-20(26)25-12-9-15-13-18(31(24,28)29)7-8-19(15)25/h3-8,13H,1-2,9-12,14H2,(H2,24,28,29). The molecular formula is C22H23ClN2O5S. The van der Waals surface area contributed by atoms with Crippen molar-refractivity contribution in [2.45, 2.75) is 42.4 Å². The van der Waals surface area contributed by atoms with E-state index in [2.05, 4.69) is 0 Å². The highest BCUT2D eigenvalue weighted by Crippen LogP contribution is 2.42. The van der Waals surface area contributed by atoms with Crippen LogP contribution in [0.5, 0.6) is 0 Å². The van der Waals surface area contributed by atoms with E-state index in [9.17, 15) is 18.0 Å². The van der Waals surface area contributed by atoms with Crippen molar-refractivity contribution in [2.24, 2.45) is 5.14 Å². The number of hydrogen-bond acceptors (Lipinski definition) is 5. The van der Waals surface area contributed by atoms with Crippen molar-refractivity contribution in [2.75, 3.05) is 18.1 Å². The SMILES string of the molecule is NS(=O)(=O)c1ccc2c(c1)CCN2C(=O)COC(=O)C1(c2ccc(Cl)cc2)CCCC1. The average molecular weight is 463 g/mol. The molecule has 0 bridgehead atoms. The molecule has 1 heterocycles. The number of benzene rings is 2. The van der Waals surface area contributed by atoms with Crippen molar-refractivity contribution in [3.05, 3.63) is 58.6 Å². The number of nitrogens with two attached hydrogens (primary N) is 1. The molecule has 0 radical (unpaired) electrons. The summed E-state index contributed by atoms with van der Waals surface area (Å²) in [4.78, 5) is 27.4. The lowest BCUT2D eigenvalue weighted by atomic mass is 9.79. The van der Waals surface area contributed by atoms with E-state index in [4.69, 9.17) is 21.5 Å². The number of carbonyl (C=O) groups is 2. The zero-order valence-corrected chi connectivity index (χ0v) is 18.4. The monoisotopic (exact) mass is 462 g/mol. The largest absolute Gasteiger partial charge is 0.455 e. The second-order valence-corrected chi connectivity index (χ2v) is 10.0. The lowest BCUT2D eigenvalue weighted by Gasteiger charge is -2.27. The smallest absolute Gasteiger partial charge is 0.317 e. The van der Waals surface area contributed by atoms with Crippen LogP contribution in [0.1, 0.15) is 36.8 Å². The third-order valence-corrected chi connectivity index (χ3v) is 7.31. The fourth-order valence-electron chi connectivity index (χ4n) is 4.52. The number of anilines is 1. The van der Waals surface area contributed by atoms with Crippen molar-refractivity contribution in [3.63, 3.8) is 0 Å². The Morgan fingerprint density at radius 1 is 1.10 bits per heavy atom. The maximum atomic E-state index is 13.1. The van der Waals surface area contributed by atoms with Gasteiger partial charge in [-0.25, -0.2) is 13.6 Å². The van der Waals surface area contributed by atoms with Gasteiger partial charge in [-0.1, -0.05) is 36.6 Å². The highest BCUT2D eigenvalue weighted by molar-refractivity contribution is 7.89. The number of esters is 1. The number of amides is 1. The second kappa shape index (κ2) is 8.26. The molecule has 2 aromatic rings. The minimum absolute atomic E-state index is 0.0121. The van der Waals surface area contributed by atoms with Gasteiger partial charge in [0.2, 0.25) is 10.0 Å². The zero-order chi connectivity index (χ0) is 22.2. The summed E-state index contributed by atoms with van der Waals surface area (Å²) in [6, 6.07) is 11.6. The topological polar surface area (TPSA) is 107 Å². The van der Waals surface area contributed by atoms with E-state index in [1.54, 1.807) is 18.2 Å². The molecule has 2 N–H and O–H groups in total. The minimum atomic E-state index is -3.81. The van der Waals surface area contributed by atoms with Crippen LogP contribution in [0.4, 0.5) is 5.69 Å². The van der Waals surface area contributed by atoms with Crippen LogP contribution in [0, 0.1) is 0 Å². The van der Waals surface area contributed by atoms with Gasteiger partial charge in [0.15, 0.2) is 6.61 Å². The number of rotatable bonds is 5. The van der Waals surface area contributed by atoms with E-state index < -0.39 is 21.4 Å². The quantitative estimate of drug-likeness (QED) is 0.687. The van der Waals surface area contributed by atoms with Gasteiger partial charge < -0.3 is 9.64 Å². The molecule has 1 aliphatic heterocycles. The van der Waals surface area contributed by atoms with Gasteiger partial charge in [0.1, 0.15) is 0 Å². The molecule has 2 aliphatic rings. The summed E-state index contributed by atoms with van der Waals surface area (Å²) in [5, 5.41) is 5.78. The Balaban J connectivity index is 1.47. The van der Waals surface area contributed by atoms with Gasteiger partial charge >= 0.3 is 5.97 Å². The number of hydrogen-bond donors (Lipinski definition) is 1. The molecule has 2 aromatic carbocycles. The van der Waals surface area contributed by atoms with Gasteiger partial charge in [-0.05, 0) is 60.7 Å². The first-order valence-electron chi connectivity index (χ1n) is 10.1.